The zero-order valence-corrected chi connectivity index (χ0v) is 18.2. The van der Waals surface area contributed by atoms with E-state index in [0.29, 0.717) is 28.7 Å². The molecular formula is C24H19N5O3S. The molecule has 1 saturated heterocycles. The van der Waals surface area contributed by atoms with E-state index in [0.717, 1.165) is 11.4 Å². The zero-order chi connectivity index (χ0) is 22.8. The third kappa shape index (κ3) is 4.06. The fraction of sp³-hybridized carbons (Fsp3) is 0.125. The van der Waals surface area contributed by atoms with Gasteiger partial charge in [-0.15, -0.1) is 0 Å². The lowest BCUT2D eigenvalue weighted by molar-refractivity contribution is -0.384. The van der Waals surface area contributed by atoms with Crippen LogP contribution in [-0.2, 0) is 6.54 Å². The topological polar surface area (TPSA) is 97.3 Å². The van der Waals surface area contributed by atoms with Gasteiger partial charge in [0, 0.05) is 18.5 Å². The average Bonchev–Trinajstić information content (AvgIpc) is 3.45. The molecule has 0 unspecified atom stereocenters. The van der Waals surface area contributed by atoms with E-state index in [-0.39, 0.29) is 17.8 Å². The van der Waals surface area contributed by atoms with Crippen molar-refractivity contribution in [2.75, 3.05) is 0 Å². The summed E-state index contributed by atoms with van der Waals surface area (Å²) >= 11 is 5.68. The molecule has 5 rings (SSSR count). The van der Waals surface area contributed by atoms with E-state index in [1.807, 2.05) is 47.4 Å². The van der Waals surface area contributed by atoms with Crippen molar-refractivity contribution in [2.24, 2.45) is 0 Å². The van der Waals surface area contributed by atoms with E-state index in [9.17, 15) is 10.1 Å². The molecule has 0 amide bonds. The van der Waals surface area contributed by atoms with Gasteiger partial charge < -0.3 is 14.6 Å². The van der Waals surface area contributed by atoms with Crippen molar-refractivity contribution in [1.29, 1.82) is 0 Å². The third-order valence-electron chi connectivity index (χ3n) is 5.54. The highest BCUT2D eigenvalue weighted by atomic mass is 32.1. The van der Waals surface area contributed by atoms with Gasteiger partial charge in [0.1, 0.15) is 17.6 Å². The third-order valence-corrected chi connectivity index (χ3v) is 5.89. The summed E-state index contributed by atoms with van der Waals surface area (Å²) in [5.74, 6) is 1.05. The van der Waals surface area contributed by atoms with Gasteiger partial charge in [-0.2, -0.15) is 0 Å². The lowest BCUT2D eigenvalue weighted by Gasteiger charge is -2.25. The van der Waals surface area contributed by atoms with Crippen molar-refractivity contribution in [1.82, 2.24) is 20.2 Å². The number of furan rings is 1. The summed E-state index contributed by atoms with van der Waals surface area (Å²) in [6.07, 6.45) is 3.48. The molecule has 0 saturated carbocycles. The zero-order valence-electron chi connectivity index (χ0n) is 17.4. The maximum absolute atomic E-state index is 11.5. The summed E-state index contributed by atoms with van der Waals surface area (Å²) < 4.78 is 6.22. The summed E-state index contributed by atoms with van der Waals surface area (Å²) in [4.78, 5) is 22.1. The van der Waals surface area contributed by atoms with Crippen molar-refractivity contribution in [3.63, 3.8) is 0 Å². The molecule has 8 nitrogen and oxygen atoms in total. The first-order valence-corrected chi connectivity index (χ1v) is 10.7. The molecular weight excluding hydrogens is 438 g/mol. The smallest absolute Gasteiger partial charge is 0.280 e. The van der Waals surface area contributed by atoms with E-state index in [2.05, 4.69) is 15.3 Å². The molecule has 1 N–H and O–H groups in total. The van der Waals surface area contributed by atoms with Gasteiger partial charge in [0.25, 0.3) is 5.69 Å². The van der Waals surface area contributed by atoms with Crippen LogP contribution >= 0.6 is 12.2 Å². The summed E-state index contributed by atoms with van der Waals surface area (Å²) in [6.45, 7) is 0.474. The molecule has 1 aliphatic heterocycles. The molecule has 9 heteroatoms. The number of benzene rings is 1. The minimum Gasteiger partial charge on any atom is -0.459 e. The Morgan fingerprint density at radius 3 is 2.48 bits per heavy atom. The van der Waals surface area contributed by atoms with Crippen LogP contribution < -0.4 is 5.32 Å². The minimum atomic E-state index is -0.409. The minimum absolute atomic E-state index is 0.00918. The molecule has 0 bridgehead atoms. The highest BCUT2D eigenvalue weighted by Gasteiger charge is 2.42. The maximum Gasteiger partial charge on any atom is 0.280 e. The van der Waals surface area contributed by atoms with E-state index < -0.39 is 4.92 Å². The van der Waals surface area contributed by atoms with E-state index >= 15 is 0 Å². The fourth-order valence-electron chi connectivity index (χ4n) is 4.05. The number of hydrogen-bond acceptors (Lipinski definition) is 6. The molecule has 33 heavy (non-hydrogen) atoms. The Morgan fingerprint density at radius 1 is 1.00 bits per heavy atom. The average molecular weight is 458 g/mol. The maximum atomic E-state index is 11.5. The quantitative estimate of drug-likeness (QED) is 0.250. The number of thiocarbonyl (C=S) groups is 1. The van der Waals surface area contributed by atoms with Gasteiger partial charge in [-0.05, 0) is 54.7 Å². The Bertz CT molecular complexity index is 1300. The van der Waals surface area contributed by atoms with Crippen molar-refractivity contribution < 1.29 is 9.34 Å². The number of nitro benzene ring substituents is 1. The predicted octanol–water partition coefficient (Wildman–Crippen LogP) is 4.82. The number of aromatic nitrogens is 2. The Balaban J connectivity index is 1.56. The SMILES string of the molecule is O=[N+]([O-])c1ccccc1-c1ccc([C@H]2[C@@H](c3ccccn3)NC(=S)N2Cc2ccccn2)o1. The van der Waals surface area contributed by atoms with Gasteiger partial charge in [-0.3, -0.25) is 20.1 Å². The summed E-state index contributed by atoms with van der Waals surface area (Å²) in [7, 11) is 0. The molecule has 1 aromatic carbocycles. The van der Waals surface area contributed by atoms with Crippen LogP contribution in [0.4, 0.5) is 5.69 Å². The number of rotatable bonds is 6. The molecule has 3 aromatic heterocycles. The normalized spacial score (nSPS) is 17.7. The highest BCUT2D eigenvalue weighted by molar-refractivity contribution is 7.80. The van der Waals surface area contributed by atoms with Gasteiger partial charge in [0.15, 0.2) is 5.11 Å². The summed E-state index contributed by atoms with van der Waals surface area (Å²) in [6, 6.07) is 21.0. The molecule has 1 fully saturated rings. The van der Waals surface area contributed by atoms with Crippen LogP contribution in [0.2, 0.25) is 0 Å². The van der Waals surface area contributed by atoms with Gasteiger partial charge in [-0.25, -0.2) is 0 Å². The lowest BCUT2D eigenvalue weighted by atomic mass is 10.0. The van der Waals surface area contributed by atoms with Crippen LogP contribution in [-0.4, -0.2) is 24.9 Å². The first-order chi connectivity index (χ1) is 16.1. The Kier molecular flexibility index (Phi) is 5.54. The highest BCUT2D eigenvalue weighted by Crippen LogP contribution is 2.42. The molecule has 2 atom stereocenters. The first-order valence-electron chi connectivity index (χ1n) is 10.3. The molecule has 164 valence electrons. The lowest BCUT2D eigenvalue weighted by Crippen LogP contribution is -2.29. The van der Waals surface area contributed by atoms with Gasteiger partial charge in [0.2, 0.25) is 0 Å². The van der Waals surface area contributed by atoms with Crippen molar-refractivity contribution >= 4 is 23.0 Å². The second-order valence-electron chi connectivity index (χ2n) is 7.55. The second-order valence-corrected chi connectivity index (χ2v) is 7.94. The Morgan fingerprint density at radius 2 is 1.76 bits per heavy atom. The number of nitrogens with one attached hydrogen (secondary N) is 1. The standard InChI is InChI=1S/C24H19N5O3S/c30-29(31)19-10-2-1-8-17(19)20-11-12-21(32-20)23-22(18-9-4-6-14-26-18)27-24(33)28(23)15-16-7-3-5-13-25-16/h1-14,22-23H,15H2,(H,27,33)/t22-,23+/m1/s1. The van der Waals surface area contributed by atoms with Gasteiger partial charge >= 0.3 is 0 Å². The van der Waals surface area contributed by atoms with Crippen LogP contribution in [0, 0.1) is 10.1 Å². The monoisotopic (exact) mass is 457 g/mol. The second kappa shape index (κ2) is 8.79. The molecule has 0 radical (unpaired) electrons. The van der Waals surface area contributed by atoms with E-state index in [4.69, 9.17) is 16.6 Å². The van der Waals surface area contributed by atoms with Crippen molar-refractivity contribution in [2.45, 2.75) is 18.6 Å². The van der Waals surface area contributed by atoms with Crippen LogP contribution in [0.25, 0.3) is 11.3 Å². The van der Waals surface area contributed by atoms with Crippen LogP contribution in [0.15, 0.2) is 89.6 Å². The predicted molar refractivity (Wildman–Crippen MR) is 126 cm³/mol. The fourth-order valence-corrected chi connectivity index (χ4v) is 4.35. The van der Waals surface area contributed by atoms with Gasteiger partial charge in [0.05, 0.1) is 34.5 Å². The summed E-state index contributed by atoms with van der Waals surface area (Å²) in [5.41, 5.74) is 2.09. The summed E-state index contributed by atoms with van der Waals surface area (Å²) in [5, 5.41) is 15.4. The van der Waals surface area contributed by atoms with Crippen LogP contribution in [0.5, 0.6) is 0 Å². The molecule has 1 aliphatic rings. The molecule has 4 aromatic rings. The number of nitro groups is 1. The first kappa shape index (κ1) is 20.8. The van der Waals surface area contributed by atoms with Crippen molar-refractivity contribution in [3.05, 3.63) is 112 Å². The molecule has 4 heterocycles. The molecule has 0 aliphatic carbocycles. The molecule has 0 spiro atoms. The van der Waals surface area contributed by atoms with E-state index in [1.54, 1.807) is 36.7 Å². The Hall–Kier alpha value is -4.11. The van der Waals surface area contributed by atoms with Crippen molar-refractivity contribution in [3.8, 4) is 11.3 Å². The Labute approximate surface area is 195 Å². The van der Waals surface area contributed by atoms with Crippen LogP contribution in [0.1, 0.15) is 29.2 Å². The largest absolute Gasteiger partial charge is 0.459 e. The number of para-hydroxylation sites is 1. The van der Waals surface area contributed by atoms with Gasteiger partial charge in [-0.1, -0.05) is 24.3 Å². The van der Waals surface area contributed by atoms with Crippen LogP contribution in [0.3, 0.4) is 0 Å². The number of pyridine rings is 2. The number of hydrogen-bond donors (Lipinski definition) is 1. The van der Waals surface area contributed by atoms with E-state index in [1.165, 1.54) is 6.07 Å². The number of nitrogens with zero attached hydrogens (tertiary/aromatic N) is 4.